The Kier molecular flexibility index (Phi) is 7.04. The maximum absolute atomic E-state index is 11.6. The van der Waals surface area contributed by atoms with Gasteiger partial charge in [-0.15, -0.1) is 0 Å². The van der Waals surface area contributed by atoms with E-state index >= 15 is 0 Å². The molecule has 0 aromatic heterocycles. The number of aliphatic carboxylic acids is 2. The SMILES string of the molecule is COc1ccc(C(CCC(=O)O)C(=O)O)cc1C=C1CCCCCC1. The van der Waals surface area contributed by atoms with Crippen molar-refractivity contribution < 1.29 is 24.5 Å². The van der Waals surface area contributed by atoms with Crippen molar-refractivity contribution in [2.45, 2.75) is 57.3 Å². The molecule has 25 heavy (non-hydrogen) atoms. The quantitative estimate of drug-likeness (QED) is 0.712. The number of rotatable bonds is 7. The van der Waals surface area contributed by atoms with Crippen molar-refractivity contribution in [3.63, 3.8) is 0 Å². The third-order valence-electron chi connectivity index (χ3n) is 4.71. The van der Waals surface area contributed by atoms with Crippen molar-refractivity contribution in [3.05, 3.63) is 34.9 Å². The number of methoxy groups -OCH3 is 1. The lowest BCUT2D eigenvalue weighted by atomic mass is 9.92. The van der Waals surface area contributed by atoms with Gasteiger partial charge in [0, 0.05) is 12.0 Å². The second-order valence-corrected chi connectivity index (χ2v) is 6.54. The fourth-order valence-electron chi connectivity index (χ4n) is 3.33. The molecule has 0 radical (unpaired) electrons. The van der Waals surface area contributed by atoms with Gasteiger partial charge in [0.15, 0.2) is 0 Å². The molecule has 0 bridgehead atoms. The van der Waals surface area contributed by atoms with E-state index in [9.17, 15) is 14.7 Å². The monoisotopic (exact) mass is 346 g/mol. The van der Waals surface area contributed by atoms with E-state index in [4.69, 9.17) is 9.84 Å². The maximum atomic E-state index is 11.6. The largest absolute Gasteiger partial charge is 0.496 e. The van der Waals surface area contributed by atoms with E-state index in [0.717, 1.165) is 18.4 Å². The van der Waals surface area contributed by atoms with Crippen LogP contribution < -0.4 is 4.74 Å². The summed E-state index contributed by atoms with van der Waals surface area (Å²) in [5.41, 5.74) is 2.86. The van der Waals surface area contributed by atoms with Crippen LogP contribution in [-0.2, 0) is 9.59 Å². The third kappa shape index (κ3) is 5.62. The molecule has 2 N–H and O–H groups in total. The lowest BCUT2D eigenvalue weighted by molar-refractivity contribution is -0.140. The molecule has 1 aromatic carbocycles. The van der Waals surface area contributed by atoms with Crippen molar-refractivity contribution in [1.29, 1.82) is 0 Å². The number of ether oxygens (including phenoxy) is 1. The molecule has 1 fully saturated rings. The molecule has 0 spiro atoms. The summed E-state index contributed by atoms with van der Waals surface area (Å²) in [4.78, 5) is 22.4. The molecule has 0 heterocycles. The summed E-state index contributed by atoms with van der Waals surface area (Å²) in [5.74, 6) is -2.10. The highest BCUT2D eigenvalue weighted by Crippen LogP contribution is 2.31. The van der Waals surface area contributed by atoms with E-state index in [2.05, 4.69) is 6.08 Å². The third-order valence-corrected chi connectivity index (χ3v) is 4.71. The number of hydrogen-bond acceptors (Lipinski definition) is 3. The van der Waals surface area contributed by atoms with E-state index in [1.807, 2.05) is 6.07 Å². The Balaban J connectivity index is 2.32. The summed E-state index contributed by atoms with van der Waals surface area (Å²) in [6, 6.07) is 5.32. The summed E-state index contributed by atoms with van der Waals surface area (Å²) >= 11 is 0. The molecule has 1 saturated carbocycles. The zero-order chi connectivity index (χ0) is 18.2. The Hall–Kier alpha value is -2.30. The first-order valence-electron chi connectivity index (χ1n) is 8.83. The molecule has 0 saturated heterocycles. The Morgan fingerprint density at radius 2 is 1.84 bits per heavy atom. The number of carbonyl (C=O) groups is 2. The Morgan fingerprint density at radius 1 is 1.16 bits per heavy atom. The van der Waals surface area contributed by atoms with Crippen LogP contribution in [0.5, 0.6) is 5.75 Å². The first-order chi connectivity index (χ1) is 12.0. The van der Waals surface area contributed by atoms with Gasteiger partial charge in [-0.2, -0.15) is 0 Å². The van der Waals surface area contributed by atoms with Gasteiger partial charge >= 0.3 is 11.9 Å². The fourth-order valence-corrected chi connectivity index (χ4v) is 3.33. The van der Waals surface area contributed by atoms with E-state index in [0.29, 0.717) is 11.3 Å². The molecule has 1 atom stereocenters. The summed E-state index contributed by atoms with van der Waals surface area (Å²) < 4.78 is 5.43. The van der Waals surface area contributed by atoms with Crippen LogP contribution in [0.2, 0.25) is 0 Å². The van der Waals surface area contributed by atoms with Gasteiger partial charge in [-0.3, -0.25) is 9.59 Å². The van der Waals surface area contributed by atoms with Crippen molar-refractivity contribution in [3.8, 4) is 5.75 Å². The average Bonchev–Trinajstić information content (AvgIpc) is 2.83. The predicted molar refractivity (Wildman–Crippen MR) is 95.9 cm³/mol. The summed E-state index contributed by atoms with van der Waals surface area (Å²) in [6.45, 7) is 0. The minimum Gasteiger partial charge on any atom is -0.496 e. The summed E-state index contributed by atoms with van der Waals surface area (Å²) in [6.07, 6.45) is 9.03. The van der Waals surface area contributed by atoms with Crippen LogP contribution in [0.3, 0.4) is 0 Å². The minimum absolute atomic E-state index is 0.0764. The second kappa shape index (κ2) is 9.25. The topological polar surface area (TPSA) is 83.8 Å². The molecular formula is C20H26O5. The van der Waals surface area contributed by atoms with Crippen LogP contribution in [0.1, 0.15) is 68.4 Å². The van der Waals surface area contributed by atoms with Crippen LogP contribution in [0.25, 0.3) is 6.08 Å². The van der Waals surface area contributed by atoms with E-state index in [-0.39, 0.29) is 12.8 Å². The highest BCUT2D eigenvalue weighted by Gasteiger charge is 2.22. The number of hydrogen-bond donors (Lipinski definition) is 2. The summed E-state index contributed by atoms with van der Waals surface area (Å²) in [7, 11) is 1.60. The highest BCUT2D eigenvalue weighted by molar-refractivity contribution is 5.78. The van der Waals surface area contributed by atoms with Gasteiger partial charge in [0.2, 0.25) is 0 Å². The normalized spacial score (nSPS) is 16.0. The van der Waals surface area contributed by atoms with Gasteiger partial charge in [0.05, 0.1) is 13.0 Å². The van der Waals surface area contributed by atoms with E-state index < -0.39 is 17.9 Å². The Labute approximate surface area is 148 Å². The van der Waals surface area contributed by atoms with Gasteiger partial charge in [0.1, 0.15) is 5.75 Å². The molecule has 2 rings (SSSR count). The first kappa shape index (κ1) is 19.0. The fraction of sp³-hybridized carbons (Fsp3) is 0.500. The number of carboxylic acid groups (broad SMARTS) is 2. The molecular weight excluding hydrogens is 320 g/mol. The van der Waals surface area contributed by atoms with Crippen LogP contribution in [0.15, 0.2) is 23.8 Å². The lowest BCUT2D eigenvalue weighted by Gasteiger charge is -2.15. The Morgan fingerprint density at radius 3 is 2.40 bits per heavy atom. The van der Waals surface area contributed by atoms with Crippen molar-refractivity contribution in [1.82, 2.24) is 0 Å². The standard InChI is InChI=1S/C20H26O5/c1-25-18-10-8-15(17(20(23)24)9-11-19(21)22)13-16(18)12-14-6-4-2-3-5-7-14/h8,10,12-13,17H,2-7,9,11H2,1H3,(H,21,22)(H,23,24). The lowest BCUT2D eigenvalue weighted by Crippen LogP contribution is -2.13. The van der Waals surface area contributed by atoms with Crippen molar-refractivity contribution >= 4 is 18.0 Å². The smallest absolute Gasteiger partial charge is 0.310 e. The van der Waals surface area contributed by atoms with Gasteiger partial charge in [-0.05, 0) is 49.8 Å². The molecule has 0 amide bonds. The molecule has 5 heteroatoms. The average molecular weight is 346 g/mol. The van der Waals surface area contributed by atoms with Crippen LogP contribution in [0, 0.1) is 0 Å². The van der Waals surface area contributed by atoms with Crippen LogP contribution in [-0.4, -0.2) is 29.3 Å². The predicted octanol–water partition coefficient (Wildman–Crippen LogP) is 4.47. The van der Waals surface area contributed by atoms with Crippen molar-refractivity contribution in [2.24, 2.45) is 0 Å². The zero-order valence-corrected chi connectivity index (χ0v) is 14.7. The van der Waals surface area contributed by atoms with Crippen LogP contribution in [0.4, 0.5) is 0 Å². The zero-order valence-electron chi connectivity index (χ0n) is 14.7. The van der Waals surface area contributed by atoms with E-state index in [1.54, 1.807) is 19.2 Å². The van der Waals surface area contributed by atoms with Gasteiger partial charge < -0.3 is 14.9 Å². The molecule has 1 aliphatic carbocycles. The molecule has 1 aromatic rings. The molecule has 1 aliphatic rings. The van der Waals surface area contributed by atoms with Gasteiger partial charge in [-0.25, -0.2) is 0 Å². The molecule has 5 nitrogen and oxygen atoms in total. The van der Waals surface area contributed by atoms with Crippen molar-refractivity contribution in [2.75, 3.05) is 7.11 Å². The molecule has 1 unspecified atom stereocenters. The second-order valence-electron chi connectivity index (χ2n) is 6.54. The molecule has 136 valence electrons. The molecule has 0 aliphatic heterocycles. The summed E-state index contributed by atoms with van der Waals surface area (Å²) in [5, 5.41) is 18.3. The number of benzene rings is 1. The number of carboxylic acids is 2. The van der Waals surface area contributed by atoms with E-state index in [1.165, 1.54) is 31.3 Å². The minimum atomic E-state index is -1.00. The maximum Gasteiger partial charge on any atom is 0.310 e. The van der Waals surface area contributed by atoms with Gasteiger partial charge in [0.25, 0.3) is 0 Å². The highest BCUT2D eigenvalue weighted by atomic mass is 16.5. The van der Waals surface area contributed by atoms with Gasteiger partial charge in [-0.1, -0.05) is 30.6 Å². The first-order valence-corrected chi connectivity index (χ1v) is 8.83. The number of allylic oxidation sites excluding steroid dienone is 1. The Bertz CT molecular complexity index is 637. The van der Waals surface area contributed by atoms with Crippen LogP contribution >= 0.6 is 0 Å².